The zero-order valence-electron chi connectivity index (χ0n) is 11.0. The van der Waals surface area contributed by atoms with Crippen molar-refractivity contribution >= 4 is 17.7 Å². The molecular weight excluding hydrogens is 246 g/mol. The van der Waals surface area contributed by atoms with Crippen LogP contribution in [0.5, 0.6) is 0 Å². The van der Waals surface area contributed by atoms with Crippen molar-refractivity contribution in [1.29, 1.82) is 0 Å². The van der Waals surface area contributed by atoms with Crippen LogP contribution in [0.15, 0.2) is 18.2 Å². The number of anilines is 1. The number of ether oxygens (including phenoxy) is 1. The molecule has 0 aromatic heterocycles. The molecule has 5 nitrogen and oxygen atoms in total. The third-order valence-electron chi connectivity index (χ3n) is 3.51. The van der Waals surface area contributed by atoms with E-state index in [0.29, 0.717) is 6.54 Å². The Bertz CT molecular complexity index is 512. The molecule has 0 fully saturated rings. The molecule has 0 radical (unpaired) electrons. The van der Waals surface area contributed by atoms with E-state index < -0.39 is 6.09 Å². The summed E-state index contributed by atoms with van der Waals surface area (Å²) in [6.07, 6.45) is 0.700. The number of rotatable bonds is 2. The van der Waals surface area contributed by atoms with Crippen LogP contribution in [0.2, 0.25) is 0 Å². The number of hydrogen-bond donors (Lipinski definition) is 1. The molecule has 1 amide bonds. The molecule has 0 aliphatic carbocycles. The quantitative estimate of drug-likeness (QED) is 0.832. The van der Waals surface area contributed by atoms with Gasteiger partial charge in [-0.25, -0.2) is 4.79 Å². The van der Waals surface area contributed by atoms with Gasteiger partial charge in [-0.2, -0.15) is 0 Å². The van der Waals surface area contributed by atoms with Gasteiger partial charge in [-0.3, -0.25) is 9.69 Å². The van der Waals surface area contributed by atoms with Crippen LogP contribution in [0, 0.1) is 0 Å². The van der Waals surface area contributed by atoms with Gasteiger partial charge in [-0.05, 0) is 37.0 Å². The van der Waals surface area contributed by atoms with E-state index in [9.17, 15) is 9.59 Å². The predicted octanol–water partition coefficient (Wildman–Crippen LogP) is 2.39. The van der Waals surface area contributed by atoms with E-state index in [1.165, 1.54) is 12.0 Å². The Morgan fingerprint density at radius 1 is 1.42 bits per heavy atom. The summed E-state index contributed by atoms with van der Waals surface area (Å²) in [6.45, 7) is 2.31. The number of methoxy groups -OCH3 is 1. The average molecular weight is 263 g/mol. The molecule has 1 unspecified atom stereocenters. The molecule has 1 aromatic carbocycles. The molecule has 1 heterocycles. The number of fused-ring (bicyclic) bond motifs is 1. The van der Waals surface area contributed by atoms with E-state index in [4.69, 9.17) is 9.84 Å². The first kappa shape index (κ1) is 13.4. The van der Waals surface area contributed by atoms with E-state index in [2.05, 4.69) is 0 Å². The fourth-order valence-corrected chi connectivity index (χ4v) is 2.40. The fourth-order valence-electron chi connectivity index (χ4n) is 2.40. The van der Waals surface area contributed by atoms with Crippen LogP contribution in [0.4, 0.5) is 10.5 Å². The third kappa shape index (κ3) is 2.54. The van der Waals surface area contributed by atoms with Gasteiger partial charge < -0.3 is 9.84 Å². The van der Waals surface area contributed by atoms with Gasteiger partial charge >= 0.3 is 12.1 Å². The van der Waals surface area contributed by atoms with Gasteiger partial charge in [0.25, 0.3) is 0 Å². The van der Waals surface area contributed by atoms with E-state index in [1.807, 2.05) is 6.07 Å². The standard InChI is InChI=1S/C14H17NO4/c1-9(13(16)19-2)10-5-6-12-11(8-10)4-3-7-15(12)14(17)18/h5-6,8-9H,3-4,7H2,1-2H3,(H,17,18). The zero-order chi connectivity index (χ0) is 14.0. The lowest BCUT2D eigenvalue weighted by molar-refractivity contribution is -0.141. The van der Waals surface area contributed by atoms with Crippen molar-refractivity contribution in [1.82, 2.24) is 0 Å². The van der Waals surface area contributed by atoms with Gasteiger partial charge in [-0.15, -0.1) is 0 Å². The topological polar surface area (TPSA) is 66.8 Å². The Morgan fingerprint density at radius 3 is 2.79 bits per heavy atom. The van der Waals surface area contributed by atoms with Crippen LogP contribution < -0.4 is 4.90 Å². The summed E-state index contributed by atoms with van der Waals surface area (Å²) in [5.41, 5.74) is 2.55. The minimum Gasteiger partial charge on any atom is -0.469 e. The third-order valence-corrected chi connectivity index (χ3v) is 3.51. The molecule has 0 spiro atoms. The van der Waals surface area contributed by atoms with E-state index >= 15 is 0 Å². The molecule has 0 bridgehead atoms. The molecule has 1 aliphatic rings. The SMILES string of the molecule is COC(=O)C(C)c1ccc2c(c1)CCCN2C(=O)O. The second-order valence-electron chi connectivity index (χ2n) is 4.67. The van der Waals surface area contributed by atoms with Gasteiger partial charge in [0.1, 0.15) is 0 Å². The molecule has 1 aliphatic heterocycles. The normalized spacial score (nSPS) is 15.6. The molecule has 102 valence electrons. The van der Waals surface area contributed by atoms with Crippen molar-refractivity contribution in [3.8, 4) is 0 Å². The summed E-state index contributed by atoms with van der Waals surface area (Å²) in [5.74, 6) is -0.624. The average Bonchev–Trinajstić information content (AvgIpc) is 2.44. The predicted molar refractivity (Wildman–Crippen MR) is 70.6 cm³/mol. The number of hydrogen-bond acceptors (Lipinski definition) is 3. The van der Waals surface area contributed by atoms with E-state index in [0.717, 1.165) is 29.7 Å². The number of carboxylic acid groups (broad SMARTS) is 1. The minimum atomic E-state index is -0.935. The van der Waals surface area contributed by atoms with Crippen LogP contribution >= 0.6 is 0 Å². The second-order valence-corrected chi connectivity index (χ2v) is 4.67. The lowest BCUT2D eigenvalue weighted by Crippen LogP contribution is -2.34. The van der Waals surface area contributed by atoms with Crippen molar-refractivity contribution in [3.05, 3.63) is 29.3 Å². The summed E-state index contributed by atoms with van der Waals surface area (Å²) in [7, 11) is 1.36. The monoisotopic (exact) mass is 263 g/mol. The number of aryl methyl sites for hydroxylation is 1. The van der Waals surface area contributed by atoms with E-state index in [-0.39, 0.29) is 11.9 Å². The highest BCUT2D eigenvalue weighted by atomic mass is 16.5. The van der Waals surface area contributed by atoms with Crippen molar-refractivity contribution in [2.45, 2.75) is 25.7 Å². The maximum atomic E-state index is 11.5. The summed E-state index contributed by atoms with van der Waals surface area (Å²) in [5, 5.41) is 9.14. The van der Waals surface area contributed by atoms with Gasteiger partial charge in [-0.1, -0.05) is 12.1 Å². The van der Waals surface area contributed by atoms with Gasteiger partial charge in [0.15, 0.2) is 0 Å². The van der Waals surface area contributed by atoms with Crippen LogP contribution in [0.25, 0.3) is 0 Å². The summed E-state index contributed by atoms with van der Waals surface area (Å²) in [6, 6.07) is 5.48. The highest BCUT2D eigenvalue weighted by molar-refractivity contribution is 5.88. The Labute approximate surface area is 111 Å². The van der Waals surface area contributed by atoms with Crippen LogP contribution in [-0.4, -0.2) is 30.8 Å². The van der Waals surface area contributed by atoms with E-state index in [1.54, 1.807) is 19.1 Å². The fraction of sp³-hybridized carbons (Fsp3) is 0.429. The maximum Gasteiger partial charge on any atom is 0.411 e. The highest BCUT2D eigenvalue weighted by Crippen LogP contribution is 2.30. The molecule has 2 rings (SSSR count). The number of benzene rings is 1. The van der Waals surface area contributed by atoms with Crippen LogP contribution in [-0.2, 0) is 16.0 Å². The van der Waals surface area contributed by atoms with Gasteiger partial charge in [0.2, 0.25) is 0 Å². The number of carbonyl (C=O) groups is 2. The Hall–Kier alpha value is -2.04. The lowest BCUT2D eigenvalue weighted by Gasteiger charge is -2.27. The van der Waals surface area contributed by atoms with Crippen molar-refractivity contribution in [2.24, 2.45) is 0 Å². The summed E-state index contributed by atoms with van der Waals surface area (Å²) >= 11 is 0. The van der Waals surface area contributed by atoms with Crippen molar-refractivity contribution in [3.63, 3.8) is 0 Å². The highest BCUT2D eigenvalue weighted by Gasteiger charge is 2.24. The second kappa shape index (κ2) is 5.30. The summed E-state index contributed by atoms with van der Waals surface area (Å²) < 4.78 is 4.73. The Morgan fingerprint density at radius 2 is 2.16 bits per heavy atom. The molecular formula is C14H17NO4. The largest absolute Gasteiger partial charge is 0.469 e. The number of amides is 1. The molecule has 0 saturated carbocycles. The zero-order valence-corrected chi connectivity index (χ0v) is 11.0. The van der Waals surface area contributed by atoms with Crippen molar-refractivity contribution in [2.75, 3.05) is 18.6 Å². The molecule has 19 heavy (non-hydrogen) atoms. The lowest BCUT2D eigenvalue weighted by atomic mass is 9.94. The first-order valence-electron chi connectivity index (χ1n) is 6.25. The molecule has 1 atom stereocenters. The van der Waals surface area contributed by atoms with Gasteiger partial charge in [0.05, 0.1) is 18.7 Å². The molecule has 1 aromatic rings. The Balaban J connectivity index is 2.34. The van der Waals surface area contributed by atoms with Gasteiger partial charge in [0, 0.05) is 6.54 Å². The molecule has 1 N–H and O–H groups in total. The number of carbonyl (C=O) groups excluding carboxylic acids is 1. The number of esters is 1. The maximum absolute atomic E-state index is 11.5. The van der Waals surface area contributed by atoms with Crippen LogP contribution in [0.3, 0.4) is 0 Å². The van der Waals surface area contributed by atoms with Crippen molar-refractivity contribution < 1.29 is 19.4 Å². The number of nitrogens with zero attached hydrogens (tertiary/aromatic N) is 1. The van der Waals surface area contributed by atoms with Crippen LogP contribution in [0.1, 0.15) is 30.4 Å². The summed E-state index contributed by atoms with van der Waals surface area (Å²) in [4.78, 5) is 24.0. The smallest absolute Gasteiger partial charge is 0.411 e. The molecule has 5 heteroatoms. The molecule has 0 saturated heterocycles. The Kier molecular flexibility index (Phi) is 3.74. The minimum absolute atomic E-state index is 0.286. The first-order valence-corrected chi connectivity index (χ1v) is 6.25. The first-order chi connectivity index (χ1) is 9.04.